The summed E-state index contributed by atoms with van der Waals surface area (Å²) >= 11 is 1.35. The van der Waals surface area contributed by atoms with Crippen LogP contribution in [0.1, 0.15) is 52.0 Å². The predicted octanol–water partition coefficient (Wildman–Crippen LogP) is 3.41. The van der Waals surface area contributed by atoms with Gasteiger partial charge in [0, 0.05) is 24.6 Å². The van der Waals surface area contributed by atoms with Crippen molar-refractivity contribution in [3.8, 4) is 29.1 Å². The maximum Gasteiger partial charge on any atom is 0.231 e. The third-order valence-electron chi connectivity index (χ3n) is 5.30. The number of hydrogen-bond acceptors (Lipinski definition) is 7. The molecule has 1 aromatic carbocycles. The van der Waals surface area contributed by atoms with Crippen LogP contribution in [-0.4, -0.2) is 48.9 Å². The summed E-state index contributed by atoms with van der Waals surface area (Å²) in [4.78, 5) is 16.7. The molecule has 1 N–H and O–H groups in total. The lowest BCUT2D eigenvalue weighted by atomic mass is 9.88. The molecule has 3 heterocycles. The predicted molar refractivity (Wildman–Crippen MR) is 115 cm³/mol. The first kappa shape index (κ1) is 20.7. The van der Waals surface area contributed by atoms with E-state index in [0.717, 1.165) is 29.0 Å². The molecule has 0 bridgehead atoms. The molecule has 158 valence electrons. The van der Waals surface area contributed by atoms with Crippen LogP contribution in [0.3, 0.4) is 0 Å². The highest BCUT2D eigenvalue weighted by atomic mass is 32.1. The van der Waals surface area contributed by atoms with Crippen molar-refractivity contribution in [1.29, 1.82) is 0 Å². The van der Waals surface area contributed by atoms with Gasteiger partial charge in [0.05, 0.1) is 16.9 Å². The van der Waals surface area contributed by atoms with Crippen LogP contribution in [0, 0.1) is 11.8 Å². The molecule has 0 fully saturated rings. The number of rotatable bonds is 4. The number of aliphatic hydroxyl groups is 1. The number of ketones is 1. The number of Topliss-reactive ketones (excluding diaryl/α,β-unsaturated/α-hetero) is 1. The van der Waals surface area contributed by atoms with E-state index < -0.39 is 5.60 Å². The van der Waals surface area contributed by atoms with Crippen LogP contribution in [0.15, 0.2) is 18.2 Å². The molecule has 2 aliphatic rings. The van der Waals surface area contributed by atoms with Gasteiger partial charge in [0.15, 0.2) is 17.3 Å². The molecule has 30 heavy (non-hydrogen) atoms. The number of carbonyl (C=O) groups is 1. The smallest absolute Gasteiger partial charge is 0.231 e. The molecule has 7 heteroatoms. The summed E-state index contributed by atoms with van der Waals surface area (Å²) in [6, 6.07) is 5.54. The molecule has 4 rings (SSSR count). The van der Waals surface area contributed by atoms with E-state index in [0.29, 0.717) is 28.5 Å². The molecule has 0 spiro atoms. The second-order valence-electron chi connectivity index (χ2n) is 8.06. The number of carbonyl (C=O) groups excluding carboxylic acids is 1. The minimum atomic E-state index is -1.06. The molecule has 0 radical (unpaired) electrons. The third kappa shape index (κ3) is 4.04. The van der Waals surface area contributed by atoms with E-state index in [1.807, 2.05) is 25.2 Å². The van der Waals surface area contributed by atoms with Crippen LogP contribution in [0.2, 0.25) is 0 Å². The third-order valence-corrected chi connectivity index (χ3v) is 6.34. The minimum absolute atomic E-state index is 0.0562. The van der Waals surface area contributed by atoms with Crippen molar-refractivity contribution < 1.29 is 24.1 Å². The molecule has 1 atom stereocenters. The topological polar surface area (TPSA) is 68.2 Å². The van der Waals surface area contributed by atoms with Gasteiger partial charge in [0.2, 0.25) is 12.5 Å². The Morgan fingerprint density at radius 1 is 1.40 bits per heavy atom. The van der Waals surface area contributed by atoms with Gasteiger partial charge in [-0.25, -0.2) is 0 Å². The summed E-state index contributed by atoms with van der Waals surface area (Å²) in [6.45, 7) is 4.29. The van der Waals surface area contributed by atoms with E-state index in [2.05, 4.69) is 16.7 Å². The van der Waals surface area contributed by atoms with Crippen molar-refractivity contribution in [3.63, 3.8) is 0 Å². The summed E-state index contributed by atoms with van der Waals surface area (Å²) in [7, 11) is 3.65. The Kier molecular flexibility index (Phi) is 5.49. The number of methoxy groups -OCH3 is 1. The van der Waals surface area contributed by atoms with Gasteiger partial charge in [-0.15, -0.1) is 11.3 Å². The summed E-state index contributed by atoms with van der Waals surface area (Å²) in [6.07, 6.45) is 1.19. The van der Waals surface area contributed by atoms with Crippen LogP contribution < -0.4 is 14.2 Å². The maximum absolute atomic E-state index is 13.1. The van der Waals surface area contributed by atoms with E-state index in [9.17, 15) is 9.90 Å². The molecule has 6 nitrogen and oxygen atoms in total. The molecular formula is C23H25NO5S. The molecule has 1 unspecified atom stereocenters. The van der Waals surface area contributed by atoms with Gasteiger partial charge < -0.3 is 19.3 Å². The van der Waals surface area contributed by atoms with Crippen molar-refractivity contribution in [2.24, 2.45) is 0 Å². The summed E-state index contributed by atoms with van der Waals surface area (Å²) in [5.74, 6) is 7.76. The average molecular weight is 428 g/mol. The molecule has 2 aromatic rings. The van der Waals surface area contributed by atoms with Crippen LogP contribution in [0.5, 0.6) is 17.2 Å². The molecule has 0 aliphatic carbocycles. The zero-order chi connectivity index (χ0) is 21.5. The SMILES string of the molecule is COc1c2c(cc3c1C(CC(=O)c1ccc(C#CC(C)(C)O)s1)N(C)CC3)OCO2. The second-order valence-corrected chi connectivity index (χ2v) is 9.15. The van der Waals surface area contributed by atoms with Gasteiger partial charge in [-0.05, 0) is 51.1 Å². The summed E-state index contributed by atoms with van der Waals surface area (Å²) in [5, 5.41) is 9.78. The van der Waals surface area contributed by atoms with Crippen molar-refractivity contribution in [2.45, 2.75) is 38.3 Å². The van der Waals surface area contributed by atoms with Crippen molar-refractivity contribution in [1.82, 2.24) is 4.90 Å². The first-order chi connectivity index (χ1) is 14.3. The maximum atomic E-state index is 13.1. The van der Waals surface area contributed by atoms with Gasteiger partial charge >= 0.3 is 0 Å². The fraction of sp³-hybridized carbons (Fsp3) is 0.435. The molecule has 2 aliphatic heterocycles. The van der Waals surface area contributed by atoms with Crippen LogP contribution in [0.4, 0.5) is 0 Å². The van der Waals surface area contributed by atoms with E-state index in [1.54, 1.807) is 21.0 Å². The number of hydrogen-bond donors (Lipinski definition) is 1. The highest BCUT2D eigenvalue weighted by Crippen LogP contribution is 2.50. The van der Waals surface area contributed by atoms with Gasteiger partial charge in [-0.1, -0.05) is 11.8 Å². The van der Waals surface area contributed by atoms with E-state index in [1.165, 1.54) is 11.3 Å². The van der Waals surface area contributed by atoms with Crippen molar-refractivity contribution in [2.75, 3.05) is 27.5 Å². The first-order valence-electron chi connectivity index (χ1n) is 9.85. The Morgan fingerprint density at radius 3 is 2.93 bits per heavy atom. The van der Waals surface area contributed by atoms with Crippen LogP contribution >= 0.6 is 11.3 Å². The largest absolute Gasteiger partial charge is 0.492 e. The highest BCUT2D eigenvalue weighted by Gasteiger charge is 2.35. The zero-order valence-corrected chi connectivity index (χ0v) is 18.4. The number of ether oxygens (including phenoxy) is 3. The normalized spacial score (nSPS) is 17.8. The number of nitrogens with zero attached hydrogens (tertiary/aromatic N) is 1. The Morgan fingerprint density at radius 2 is 2.20 bits per heavy atom. The van der Waals surface area contributed by atoms with Gasteiger partial charge in [-0.2, -0.15) is 0 Å². The quantitative estimate of drug-likeness (QED) is 0.596. The lowest BCUT2D eigenvalue weighted by molar-refractivity contribution is 0.0929. The van der Waals surface area contributed by atoms with Gasteiger partial charge in [0.25, 0.3) is 0 Å². The van der Waals surface area contributed by atoms with E-state index in [4.69, 9.17) is 14.2 Å². The summed E-state index contributed by atoms with van der Waals surface area (Å²) in [5.41, 5.74) is 1.07. The lowest BCUT2D eigenvalue weighted by Gasteiger charge is -2.35. The van der Waals surface area contributed by atoms with Gasteiger partial charge in [0.1, 0.15) is 5.60 Å². The number of thiophene rings is 1. The van der Waals surface area contributed by atoms with Crippen LogP contribution in [-0.2, 0) is 6.42 Å². The Hall–Kier alpha value is -2.53. The first-order valence-corrected chi connectivity index (χ1v) is 10.7. The molecule has 1 aromatic heterocycles. The molecule has 0 amide bonds. The minimum Gasteiger partial charge on any atom is -0.492 e. The standard InChI is InChI=1S/C23H25NO5S/c1-23(2,26)9-7-15-5-6-19(30-15)17(25)12-16-20-14(8-10-24(16)3)11-18-21(22(20)27-4)29-13-28-18/h5-6,11,16,26H,8,10,12-13H2,1-4H3. The Bertz CT molecular complexity index is 1040. The number of fused-ring (bicyclic) bond motifs is 2. The molecular weight excluding hydrogens is 402 g/mol. The van der Waals surface area contributed by atoms with E-state index >= 15 is 0 Å². The monoisotopic (exact) mass is 427 g/mol. The average Bonchev–Trinajstić information content (AvgIpc) is 3.35. The fourth-order valence-electron chi connectivity index (χ4n) is 3.83. The second kappa shape index (κ2) is 7.95. The highest BCUT2D eigenvalue weighted by molar-refractivity contribution is 7.14. The molecule has 0 saturated carbocycles. The molecule has 0 saturated heterocycles. The van der Waals surface area contributed by atoms with Gasteiger partial charge in [-0.3, -0.25) is 9.69 Å². The fourth-order valence-corrected chi connectivity index (χ4v) is 4.64. The number of benzene rings is 1. The summed E-state index contributed by atoms with van der Waals surface area (Å²) < 4.78 is 16.9. The zero-order valence-electron chi connectivity index (χ0n) is 17.6. The van der Waals surface area contributed by atoms with Crippen molar-refractivity contribution >= 4 is 17.1 Å². The van der Waals surface area contributed by atoms with Crippen molar-refractivity contribution in [3.05, 3.63) is 39.1 Å². The van der Waals surface area contributed by atoms with Crippen LogP contribution in [0.25, 0.3) is 0 Å². The Balaban J connectivity index is 1.62. The Labute approximate surface area is 180 Å². The van der Waals surface area contributed by atoms with E-state index in [-0.39, 0.29) is 18.6 Å². The number of likely N-dealkylation sites (N-methyl/N-ethyl adjacent to an activating group) is 1. The lowest BCUT2D eigenvalue weighted by Crippen LogP contribution is -2.34.